The van der Waals surface area contributed by atoms with E-state index in [1.165, 1.54) is 18.1 Å². The van der Waals surface area contributed by atoms with E-state index in [1.807, 2.05) is 19.9 Å². The van der Waals surface area contributed by atoms with Crippen molar-refractivity contribution in [1.82, 2.24) is 0 Å². The largest absolute Gasteiger partial charge is 0.394 e. The summed E-state index contributed by atoms with van der Waals surface area (Å²) in [6, 6.07) is 0. The Bertz CT molecular complexity index is 1240. The summed E-state index contributed by atoms with van der Waals surface area (Å²) < 4.78 is 33.8. The maximum atomic E-state index is 10.5. The molecule has 0 radical (unpaired) electrons. The number of rotatable bonds is 19. The third-order valence-corrected chi connectivity index (χ3v) is 10.2. The molecule has 0 amide bonds. The van der Waals surface area contributed by atoms with Crippen molar-refractivity contribution in [3.05, 3.63) is 47.6 Å². The van der Waals surface area contributed by atoms with Crippen LogP contribution in [0.3, 0.4) is 0 Å². The molecule has 16 heteroatoms. The molecule has 312 valence electrons. The van der Waals surface area contributed by atoms with E-state index in [0.717, 1.165) is 31.3 Å². The summed E-state index contributed by atoms with van der Waals surface area (Å²) in [5, 5.41) is 101. The second-order valence-corrected chi connectivity index (χ2v) is 14.9. The van der Waals surface area contributed by atoms with E-state index >= 15 is 0 Å². The fraction of sp³-hybridized carbons (Fsp3) is 0.789. The van der Waals surface area contributed by atoms with E-state index in [2.05, 4.69) is 25.7 Å². The maximum absolute atomic E-state index is 10.5. The number of ether oxygens (including phenoxy) is 6. The number of aliphatic hydroxyl groups excluding tert-OH is 10. The fourth-order valence-electron chi connectivity index (χ4n) is 6.35. The molecule has 0 aromatic carbocycles. The van der Waals surface area contributed by atoms with Crippen molar-refractivity contribution in [2.24, 2.45) is 0 Å². The summed E-state index contributed by atoms with van der Waals surface area (Å²) in [5.74, 6) is 0. The summed E-state index contributed by atoms with van der Waals surface area (Å²) in [7, 11) is 0. The molecule has 0 aliphatic carbocycles. The van der Waals surface area contributed by atoms with Gasteiger partial charge in [0.25, 0.3) is 0 Å². The molecule has 16 nitrogen and oxygen atoms in total. The molecule has 16 atom stereocenters. The Labute approximate surface area is 317 Å². The summed E-state index contributed by atoms with van der Waals surface area (Å²) in [6.07, 6.45) is -7.98. The van der Waals surface area contributed by atoms with Gasteiger partial charge in [-0.05, 0) is 73.1 Å². The second-order valence-electron chi connectivity index (χ2n) is 14.9. The molecule has 3 heterocycles. The van der Waals surface area contributed by atoms with E-state index in [0.29, 0.717) is 12.8 Å². The first-order valence-corrected chi connectivity index (χ1v) is 18.6. The molecule has 3 aliphatic rings. The smallest absolute Gasteiger partial charge is 0.187 e. The first-order valence-electron chi connectivity index (χ1n) is 18.6. The Kier molecular flexibility index (Phi) is 18.8. The standard InChI is InChI=1S/C38H64O16/c1-7-38(6,54-37-34(48)30(44)27(41)24(17-39)52-37)16-10-15-21(3)12-8-11-20(2)13-9-14-22(4)18-49-36-33(47)31(45)28(42)25(53-36)19-50-35-32(46)29(43)26(40)23(5)51-35/h7,11,14-15,23-37,39-48H,1,8-10,12-13,16-19H2,2-6H3/b20-11+,21-15+,22-14-/t23-,24+,25+,26-,27+,28+,29+,30-,31-,32+,33+,34+,35+,36+,37-,38+/m0/s1. The third-order valence-electron chi connectivity index (χ3n) is 10.2. The van der Waals surface area contributed by atoms with Crippen molar-refractivity contribution in [3.8, 4) is 0 Å². The number of aliphatic hydroxyl groups is 10. The quantitative estimate of drug-likeness (QED) is 0.0749. The highest BCUT2D eigenvalue weighted by Gasteiger charge is 2.48. The molecule has 0 unspecified atom stereocenters. The lowest BCUT2D eigenvalue weighted by Gasteiger charge is -2.42. The highest BCUT2D eigenvalue weighted by molar-refractivity contribution is 5.07. The Morgan fingerprint density at radius 1 is 0.611 bits per heavy atom. The third kappa shape index (κ3) is 12.9. The van der Waals surface area contributed by atoms with Gasteiger partial charge in [0.2, 0.25) is 0 Å². The Morgan fingerprint density at radius 2 is 1.09 bits per heavy atom. The van der Waals surface area contributed by atoms with Crippen LogP contribution >= 0.6 is 0 Å². The monoisotopic (exact) mass is 776 g/mol. The average molecular weight is 777 g/mol. The molecule has 10 N–H and O–H groups in total. The lowest BCUT2D eigenvalue weighted by molar-refractivity contribution is -0.327. The summed E-state index contributed by atoms with van der Waals surface area (Å²) in [5.41, 5.74) is 2.38. The van der Waals surface area contributed by atoms with Gasteiger partial charge in [0.1, 0.15) is 67.1 Å². The average Bonchev–Trinajstić information content (AvgIpc) is 3.14. The van der Waals surface area contributed by atoms with Crippen LogP contribution in [0.15, 0.2) is 47.6 Å². The fourth-order valence-corrected chi connectivity index (χ4v) is 6.35. The molecular weight excluding hydrogens is 712 g/mol. The van der Waals surface area contributed by atoms with Gasteiger partial charge in [-0.25, -0.2) is 0 Å². The number of allylic oxidation sites excluding steroid dienone is 5. The molecule has 3 aliphatic heterocycles. The molecule has 0 spiro atoms. The predicted octanol–water partition coefficient (Wildman–Crippen LogP) is -0.405. The first kappa shape index (κ1) is 46.7. The number of hydrogen-bond acceptors (Lipinski definition) is 16. The maximum Gasteiger partial charge on any atom is 0.187 e. The van der Waals surface area contributed by atoms with E-state index in [1.54, 1.807) is 13.0 Å². The van der Waals surface area contributed by atoms with Gasteiger partial charge in [-0.2, -0.15) is 0 Å². The van der Waals surface area contributed by atoms with E-state index in [4.69, 9.17) is 28.4 Å². The second kappa shape index (κ2) is 21.7. The highest BCUT2D eigenvalue weighted by Crippen LogP contribution is 2.30. The van der Waals surface area contributed by atoms with Crippen LogP contribution in [-0.2, 0) is 28.4 Å². The van der Waals surface area contributed by atoms with Crippen LogP contribution in [0.2, 0.25) is 0 Å². The molecular formula is C38H64O16. The zero-order valence-corrected chi connectivity index (χ0v) is 32.0. The van der Waals surface area contributed by atoms with Gasteiger partial charge in [-0.15, -0.1) is 6.58 Å². The molecule has 0 aromatic heterocycles. The van der Waals surface area contributed by atoms with Crippen LogP contribution < -0.4 is 0 Å². The summed E-state index contributed by atoms with van der Waals surface area (Å²) in [6.45, 7) is 12.3. The minimum Gasteiger partial charge on any atom is -0.394 e. The zero-order chi connectivity index (χ0) is 40.3. The van der Waals surface area contributed by atoms with Crippen LogP contribution in [0, 0.1) is 0 Å². The van der Waals surface area contributed by atoms with Crippen LogP contribution in [0.1, 0.15) is 73.1 Å². The van der Waals surface area contributed by atoms with Crippen molar-refractivity contribution in [3.63, 3.8) is 0 Å². The van der Waals surface area contributed by atoms with E-state index in [-0.39, 0.29) is 13.2 Å². The topological polar surface area (TPSA) is 258 Å². The molecule has 54 heavy (non-hydrogen) atoms. The predicted molar refractivity (Wildman–Crippen MR) is 193 cm³/mol. The van der Waals surface area contributed by atoms with Gasteiger partial charge in [-0.1, -0.05) is 41.0 Å². The van der Waals surface area contributed by atoms with Gasteiger partial charge < -0.3 is 79.5 Å². The van der Waals surface area contributed by atoms with Crippen molar-refractivity contribution >= 4 is 0 Å². The lowest BCUT2D eigenvalue weighted by atomic mass is 9.96. The van der Waals surface area contributed by atoms with Crippen LogP contribution in [-0.4, -0.2) is 169 Å². The van der Waals surface area contributed by atoms with Gasteiger partial charge >= 0.3 is 0 Å². The van der Waals surface area contributed by atoms with E-state index < -0.39 is 104 Å². The molecule has 0 aromatic rings. The van der Waals surface area contributed by atoms with Gasteiger partial charge in [0.05, 0.1) is 31.5 Å². The van der Waals surface area contributed by atoms with Crippen LogP contribution in [0.5, 0.6) is 0 Å². The molecule has 3 rings (SSSR count). The lowest BCUT2D eigenvalue weighted by Crippen LogP contribution is -2.61. The molecule has 0 saturated carbocycles. The van der Waals surface area contributed by atoms with Crippen molar-refractivity contribution < 1.29 is 79.5 Å². The summed E-state index contributed by atoms with van der Waals surface area (Å²) >= 11 is 0. The van der Waals surface area contributed by atoms with Crippen molar-refractivity contribution in [1.29, 1.82) is 0 Å². The normalized spacial score (nSPS) is 39.7. The van der Waals surface area contributed by atoms with Crippen molar-refractivity contribution in [2.45, 2.75) is 171 Å². The first-order chi connectivity index (χ1) is 25.4. The minimum atomic E-state index is -1.59. The van der Waals surface area contributed by atoms with Gasteiger partial charge in [-0.3, -0.25) is 0 Å². The molecule has 3 fully saturated rings. The Morgan fingerprint density at radius 3 is 1.67 bits per heavy atom. The SMILES string of the molecule is C=C[C@](C)(CC/C=C(\C)CC/C=C(\C)CC/C=C(/C)CO[C@@H]1O[C@H](CO[C@@H]2O[C@@H](C)[C@H](O)[C@@H](O)[C@H]2O)[C@@H](O)[C@H](O)[C@H]1O)O[C@@H]1O[C@H](CO)[C@@H](O)[C@H](O)[C@H]1O. The molecule has 3 saturated heterocycles. The number of hydrogen-bond donors (Lipinski definition) is 10. The zero-order valence-electron chi connectivity index (χ0n) is 32.0. The minimum absolute atomic E-state index is 0.0926. The summed E-state index contributed by atoms with van der Waals surface area (Å²) in [4.78, 5) is 0. The Balaban J connectivity index is 1.38. The van der Waals surface area contributed by atoms with Gasteiger partial charge in [0.15, 0.2) is 18.9 Å². The van der Waals surface area contributed by atoms with Gasteiger partial charge in [0, 0.05) is 0 Å². The Hall–Kier alpha value is -1.68. The van der Waals surface area contributed by atoms with Crippen LogP contribution in [0.25, 0.3) is 0 Å². The highest BCUT2D eigenvalue weighted by atomic mass is 16.7. The molecule has 0 bridgehead atoms. The van der Waals surface area contributed by atoms with Crippen molar-refractivity contribution in [2.75, 3.05) is 19.8 Å². The van der Waals surface area contributed by atoms with E-state index in [9.17, 15) is 51.1 Å². The van der Waals surface area contributed by atoms with Crippen LogP contribution in [0.4, 0.5) is 0 Å².